The van der Waals surface area contributed by atoms with Crippen LogP contribution in [0, 0.1) is 0 Å². The van der Waals surface area contributed by atoms with E-state index in [0.29, 0.717) is 5.82 Å². The van der Waals surface area contributed by atoms with Crippen molar-refractivity contribution in [3.63, 3.8) is 0 Å². The zero-order chi connectivity index (χ0) is 11.4. The molecule has 2 aromatic rings. The molecule has 0 fully saturated rings. The van der Waals surface area contributed by atoms with Crippen molar-refractivity contribution in [2.45, 2.75) is 0 Å². The summed E-state index contributed by atoms with van der Waals surface area (Å²) in [6.07, 6.45) is 6.96. The minimum atomic E-state index is 0.113. The van der Waals surface area contributed by atoms with Crippen molar-refractivity contribution >= 4 is 24.0 Å². The van der Waals surface area contributed by atoms with Crippen molar-refractivity contribution in [3.8, 4) is 0 Å². The van der Waals surface area contributed by atoms with Crippen molar-refractivity contribution in [1.29, 1.82) is 0 Å². The molecule has 0 aromatic carbocycles. The lowest BCUT2D eigenvalue weighted by Crippen LogP contribution is -2.03. The van der Waals surface area contributed by atoms with Gasteiger partial charge in [0, 0.05) is 12.4 Å². The quantitative estimate of drug-likeness (QED) is 0.758. The second kappa shape index (κ2) is 4.35. The Morgan fingerprint density at radius 1 is 0.875 bits per heavy atom. The summed E-state index contributed by atoms with van der Waals surface area (Å²) in [4.78, 5) is 15.4. The number of aromatic nitrogens is 4. The average Bonchev–Trinajstić information content (AvgIpc) is 2.27. The lowest BCUT2D eigenvalue weighted by molar-refractivity contribution is 1.06. The van der Waals surface area contributed by atoms with Gasteiger partial charge in [-0.3, -0.25) is 4.98 Å². The van der Waals surface area contributed by atoms with E-state index in [0.717, 1.165) is 5.56 Å². The van der Waals surface area contributed by atoms with Crippen LogP contribution in [0.15, 0.2) is 24.5 Å². The van der Waals surface area contributed by atoms with Crippen molar-refractivity contribution in [3.05, 3.63) is 35.9 Å². The van der Waals surface area contributed by atoms with Gasteiger partial charge < -0.3 is 11.5 Å². The van der Waals surface area contributed by atoms with Crippen molar-refractivity contribution in [2.75, 3.05) is 11.5 Å². The highest BCUT2D eigenvalue weighted by Gasteiger charge is 1.97. The van der Waals surface area contributed by atoms with Gasteiger partial charge in [0.25, 0.3) is 0 Å². The Bertz CT molecular complexity index is 488. The number of nitrogen functional groups attached to an aromatic ring is 2. The van der Waals surface area contributed by atoms with Crippen LogP contribution in [0.4, 0.5) is 11.9 Å². The first-order valence-electron chi connectivity index (χ1n) is 4.59. The molecule has 0 amide bonds. The van der Waals surface area contributed by atoms with Gasteiger partial charge in [0.15, 0.2) is 5.82 Å². The standard InChI is InChI=1S/C10H10N6/c11-9-14-8(15-10(12)16-9)2-1-7-3-5-13-6-4-7/h1-6H,(H4,11,12,14,15,16)/b2-1+. The molecule has 0 radical (unpaired) electrons. The van der Waals surface area contributed by atoms with E-state index in [4.69, 9.17) is 11.5 Å². The van der Waals surface area contributed by atoms with Gasteiger partial charge in [-0.2, -0.15) is 15.0 Å². The van der Waals surface area contributed by atoms with Crippen LogP contribution in [-0.2, 0) is 0 Å². The number of hydrogen-bond donors (Lipinski definition) is 2. The molecule has 0 bridgehead atoms. The fraction of sp³-hybridized carbons (Fsp3) is 0. The molecule has 16 heavy (non-hydrogen) atoms. The molecular weight excluding hydrogens is 204 g/mol. The summed E-state index contributed by atoms with van der Waals surface area (Å²) >= 11 is 0. The largest absolute Gasteiger partial charge is 0.368 e. The molecule has 2 heterocycles. The molecule has 6 heteroatoms. The van der Waals surface area contributed by atoms with Gasteiger partial charge in [0.1, 0.15) is 0 Å². The molecule has 0 spiro atoms. The molecular formula is C10H10N6. The predicted molar refractivity (Wildman–Crippen MR) is 61.8 cm³/mol. The fourth-order valence-electron chi connectivity index (χ4n) is 1.15. The molecule has 0 aliphatic carbocycles. The highest BCUT2D eigenvalue weighted by atomic mass is 15.1. The minimum Gasteiger partial charge on any atom is -0.368 e. The third-order valence-electron chi connectivity index (χ3n) is 1.82. The SMILES string of the molecule is Nc1nc(N)nc(/C=C/c2ccncc2)n1. The summed E-state index contributed by atoms with van der Waals surface area (Å²) in [5, 5.41) is 0. The summed E-state index contributed by atoms with van der Waals surface area (Å²) in [5.41, 5.74) is 11.9. The maximum absolute atomic E-state index is 5.44. The number of nitrogens with two attached hydrogens (primary N) is 2. The summed E-state index contributed by atoms with van der Waals surface area (Å²) in [6.45, 7) is 0. The molecule has 0 aliphatic heterocycles. The second-order valence-electron chi connectivity index (χ2n) is 3.02. The van der Waals surface area contributed by atoms with Gasteiger partial charge in [0.2, 0.25) is 11.9 Å². The Morgan fingerprint density at radius 2 is 1.50 bits per heavy atom. The molecule has 2 rings (SSSR count). The van der Waals surface area contributed by atoms with Crippen molar-refractivity contribution in [2.24, 2.45) is 0 Å². The zero-order valence-electron chi connectivity index (χ0n) is 8.41. The zero-order valence-corrected chi connectivity index (χ0v) is 8.41. The van der Waals surface area contributed by atoms with E-state index < -0.39 is 0 Å². The minimum absolute atomic E-state index is 0.113. The van der Waals surface area contributed by atoms with Gasteiger partial charge in [-0.15, -0.1) is 0 Å². The van der Waals surface area contributed by atoms with Crippen LogP contribution in [-0.4, -0.2) is 19.9 Å². The summed E-state index contributed by atoms with van der Waals surface area (Å²) in [5.74, 6) is 0.658. The number of rotatable bonds is 2. The van der Waals surface area contributed by atoms with Crippen LogP contribution in [0.5, 0.6) is 0 Å². The summed E-state index contributed by atoms with van der Waals surface area (Å²) < 4.78 is 0. The topological polar surface area (TPSA) is 104 Å². The number of anilines is 2. The van der Waals surface area contributed by atoms with Gasteiger partial charge in [0.05, 0.1) is 0 Å². The van der Waals surface area contributed by atoms with E-state index in [1.807, 2.05) is 18.2 Å². The van der Waals surface area contributed by atoms with E-state index in [1.54, 1.807) is 18.5 Å². The highest BCUT2D eigenvalue weighted by molar-refractivity contribution is 5.66. The van der Waals surface area contributed by atoms with Crippen LogP contribution >= 0.6 is 0 Å². The Balaban J connectivity index is 2.24. The number of hydrogen-bond acceptors (Lipinski definition) is 6. The Kier molecular flexibility index (Phi) is 2.73. The molecule has 0 saturated heterocycles. The molecule has 2 aromatic heterocycles. The van der Waals surface area contributed by atoms with Gasteiger partial charge >= 0.3 is 0 Å². The molecule has 0 unspecified atom stereocenters. The van der Waals surface area contributed by atoms with Crippen LogP contribution in [0.3, 0.4) is 0 Å². The third-order valence-corrected chi connectivity index (χ3v) is 1.82. The Hall–Kier alpha value is -2.50. The molecule has 4 N–H and O–H groups in total. The van der Waals surface area contributed by atoms with Crippen molar-refractivity contribution < 1.29 is 0 Å². The van der Waals surface area contributed by atoms with Crippen molar-refractivity contribution in [1.82, 2.24) is 19.9 Å². The average molecular weight is 214 g/mol. The number of nitrogens with zero attached hydrogens (tertiary/aromatic N) is 4. The lowest BCUT2D eigenvalue weighted by Gasteiger charge is -1.96. The highest BCUT2D eigenvalue weighted by Crippen LogP contribution is 2.05. The van der Waals surface area contributed by atoms with Gasteiger partial charge in [-0.25, -0.2) is 0 Å². The van der Waals surface area contributed by atoms with E-state index in [1.165, 1.54) is 0 Å². The summed E-state index contributed by atoms with van der Waals surface area (Å²) in [7, 11) is 0. The van der Waals surface area contributed by atoms with Crippen LogP contribution in [0.1, 0.15) is 11.4 Å². The van der Waals surface area contributed by atoms with Crippen LogP contribution < -0.4 is 11.5 Å². The van der Waals surface area contributed by atoms with Gasteiger partial charge in [-0.1, -0.05) is 6.08 Å². The first kappa shape index (κ1) is 10.0. The number of pyridine rings is 1. The molecule has 6 nitrogen and oxygen atoms in total. The third kappa shape index (κ3) is 2.50. The predicted octanol–water partition coefficient (Wildman–Crippen LogP) is 0.601. The van der Waals surface area contributed by atoms with Crippen LogP contribution in [0.2, 0.25) is 0 Å². The summed E-state index contributed by atoms with van der Waals surface area (Å²) in [6, 6.07) is 3.73. The lowest BCUT2D eigenvalue weighted by atomic mass is 10.2. The molecule has 0 saturated carbocycles. The first-order chi connectivity index (χ1) is 7.74. The fourth-order valence-corrected chi connectivity index (χ4v) is 1.15. The normalized spacial score (nSPS) is 10.8. The molecule has 0 aliphatic rings. The maximum atomic E-state index is 5.44. The monoisotopic (exact) mass is 214 g/mol. The van der Waals surface area contributed by atoms with Crippen LogP contribution in [0.25, 0.3) is 12.2 Å². The van der Waals surface area contributed by atoms with E-state index in [2.05, 4.69) is 19.9 Å². The Labute approximate surface area is 92.1 Å². The smallest absolute Gasteiger partial charge is 0.225 e. The van der Waals surface area contributed by atoms with Gasteiger partial charge in [-0.05, 0) is 23.8 Å². The molecule has 80 valence electrons. The maximum Gasteiger partial charge on any atom is 0.225 e. The first-order valence-corrected chi connectivity index (χ1v) is 4.59. The second-order valence-corrected chi connectivity index (χ2v) is 3.02. The molecule has 0 atom stereocenters. The Morgan fingerprint density at radius 3 is 2.12 bits per heavy atom. The van der Waals surface area contributed by atoms with E-state index in [9.17, 15) is 0 Å². The van der Waals surface area contributed by atoms with E-state index >= 15 is 0 Å². The van der Waals surface area contributed by atoms with E-state index in [-0.39, 0.29) is 11.9 Å².